The first-order valence-electron chi connectivity index (χ1n) is 4.37. The molecule has 1 aromatic carbocycles. The van der Waals surface area contributed by atoms with Gasteiger partial charge in [0, 0.05) is 0 Å². The summed E-state index contributed by atoms with van der Waals surface area (Å²) in [5.74, 6) is 0.681. The van der Waals surface area contributed by atoms with Crippen LogP contribution >= 0.6 is 0 Å². The summed E-state index contributed by atoms with van der Waals surface area (Å²) in [6.45, 7) is -1.48. The zero-order valence-electron chi connectivity index (χ0n) is 8.41. The van der Waals surface area contributed by atoms with Crippen LogP contribution in [0, 0.1) is 12.3 Å². The Hall–Kier alpha value is -2.16. The molecule has 0 bridgehead atoms. The van der Waals surface area contributed by atoms with Gasteiger partial charge in [0.25, 0.3) is 0 Å². The highest BCUT2D eigenvalue weighted by atomic mass is 19.4. The third-order valence-corrected chi connectivity index (χ3v) is 1.77. The smallest absolute Gasteiger partial charge is 0.422 e. The predicted octanol–water partition coefficient (Wildman–Crippen LogP) is 2.31. The molecule has 0 heterocycles. The predicted molar refractivity (Wildman–Crippen MR) is 52.9 cm³/mol. The molecular weight excluding hydrogens is 237 g/mol. The molecule has 0 aliphatic heterocycles. The van der Waals surface area contributed by atoms with Crippen LogP contribution in [0.25, 0.3) is 0 Å². The number of carboxylic acids is 1. The van der Waals surface area contributed by atoms with Gasteiger partial charge in [-0.2, -0.15) is 13.2 Å². The number of hydrogen-bond donors (Lipinski definition) is 1. The first-order valence-corrected chi connectivity index (χ1v) is 4.37. The standard InChI is InChI=1S/C11H7F3O3/c1-2-7-5-8(10(15)16)3-4-9(7)17-6-11(12,13)14/h1,3-5H,6H2,(H,15,16). The van der Waals surface area contributed by atoms with Gasteiger partial charge in [0.1, 0.15) is 5.75 Å². The van der Waals surface area contributed by atoms with E-state index in [2.05, 4.69) is 10.7 Å². The lowest BCUT2D eigenvalue weighted by Gasteiger charge is -2.11. The summed E-state index contributed by atoms with van der Waals surface area (Å²) in [6, 6.07) is 3.30. The second-order valence-electron chi connectivity index (χ2n) is 3.06. The normalized spacial score (nSPS) is 10.7. The van der Waals surface area contributed by atoms with E-state index in [4.69, 9.17) is 11.5 Å². The van der Waals surface area contributed by atoms with Crippen LogP contribution < -0.4 is 4.74 Å². The summed E-state index contributed by atoms with van der Waals surface area (Å²) < 4.78 is 40.2. The molecule has 0 aliphatic rings. The molecule has 0 radical (unpaired) electrons. The van der Waals surface area contributed by atoms with Crippen LogP contribution in [0.1, 0.15) is 15.9 Å². The molecule has 1 N–H and O–H groups in total. The molecule has 0 aromatic heterocycles. The first kappa shape index (κ1) is 12.9. The number of rotatable bonds is 3. The van der Waals surface area contributed by atoms with E-state index in [9.17, 15) is 18.0 Å². The van der Waals surface area contributed by atoms with Gasteiger partial charge < -0.3 is 9.84 Å². The third-order valence-electron chi connectivity index (χ3n) is 1.77. The highest BCUT2D eigenvalue weighted by Gasteiger charge is 2.28. The van der Waals surface area contributed by atoms with E-state index in [1.165, 1.54) is 0 Å². The molecular formula is C11H7F3O3. The number of aromatic carboxylic acids is 1. The number of carboxylic acid groups (broad SMARTS) is 1. The van der Waals surface area contributed by atoms with Crippen LogP contribution in [0.4, 0.5) is 13.2 Å². The lowest BCUT2D eigenvalue weighted by Crippen LogP contribution is -2.19. The number of hydrogen-bond acceptors (Lipinski definition) is 2. The number of alkyl halides is 3. The van der Waals surface area contributed by atoms with E-state index in [-0.39, 0.29) is 16.9 Å². The van der Waals surface area contributed by atoms with Gasteiger partial charge in [0.15, 0.2) is 6.61 Å². The van der Waals surface area contributed by atoms with Crippen molar-refractivity contribution in [2.24, 2.45) is 0 Å². The largest absolute Gasteiger partial charge is 0.483 e. The van der Waals surface area contributed by atoms with Gasteiger partial charge in [-0.1, -0.05) is 5.92 Å². The summed E-state index contributed by atoms with van der Waals surface area (Å²) in [5.41, 5.74) is -0.147. The Bertz CT molecular complexity index is 472. The molecule has 0 fully saturated rings. The second kappa shape index (κ2) is 4.78. The Labute approximate surface area is 94.8 Å². The zero-order chi connectivity index (χ0) is 13.1. The van der Waals surface area contributed by atoms with Crippen molar-refractivity contribution < 1.29 is 27.8 Å². The highest BCUT2D eigenvalue weighted by Crippen LogP contribution is 2.22. The van der Waals surface area contributed by atoms with Crippen molar-refractivity contribution in [1.29, 1.82) is 0 Å². The van der Waals surface area contributed by atoms with E-state index < -0.39 is 18.8 Å². The summed E-state index contributed by atoms with van der Waals surface area (Å²) in [4.78, 5) is 10.6. The average molecular weight is 244 g/mol. The third kappa shape index (κ3) is 3.72. The first-order chi connectivity index (χ1) is 7.83. The topological polar surface area (TPSA) is 46.5 Å². The number of ether oxygens (including phenoxy) is 1. The summed E-state index contributed by atoms with van der Waals surface area (Å²) >= 11 is 0. The van der Waals surface area contributed by atoms with Crippen LogP contribution in [0.2, 0.25) is 0 Å². The van der Waals surface area contributed by atoms with Gasteiger partial charge in [0.2, 0.25) is 0 Å². The highest BCUT2D eigenvalue weighted by molar-refractivity contribution is 5.88. The van der Waals surface area contributed by atoms with Crippen LogP contribution in [-0.2, 0) is 0 Å². The fourth-order valence-electron chi connectivity index (χ4n) is 1.06. The monoisotopic (exact) mass is 244 g/mol. The van der Waals surface area contributed by atoms with E-state index in [0.717, 1.165) is 18.2 Å². The van der Waals surface area contributed by atoms with Crippen molar-refractivity contribution in [2.75, 3.05) is 6.61 Å². The Kier molecular flexibility index (Phi) is 3.63. The van der Waals surface area contributed by atoms with Crippen molar-refractivity contribution in [3.8, 4) is 18.1 Å². The summed E-state index contributed by atoms with van der Waals surface area (Å²) in [6.07, 6.45) is 0.580. The molecule has 0 atom stereocenters. The van der Waals surface area contributed by atoms with Gasteiger partial charge in [-0.25, -0.2) is 4.79 Å². The molecule has 0 amide bonds. The Balaban J connectivity index is 2.95. The number of carbonyl (C=O) groups is 1. The molecule has 90 valence electrons. The fourth-order valence-corrected chi connectivity index (χ4v) is 1.06. The Morgan fingerprint density at radius 1 is 1.47 bits per heavy atom. The maximum atomic E-state index is 11.9. The number of benzene rings is 1. The molecule has 1 aromatic rings. The lowest BCUT2D eigenvalue weighted by atomic mass is 10.1. The second-order valence-corrected chi connectivity index (χ2v) is 3.06. The van der Waals surface area contributed by atoms with Crippen molar-refractivity contribution in [3.63, 3.8) is 0 Å². The molecule has 0 spiro atoms. The van der Waals surface area contributed by atoms with Crippen LogP contribution in [-0.4, -0.2) is 23.9 Å². The van der Waals surface area contributed by atoms with E-state index in [0.29, 0.717) is 0 Å². The molecule has 17 heavy (non-hydrogen) atoms. The minimum absolute atomic E-state index is 0.0332. The van der Waals surface area contributed by atoms with Crippen LogP contribution in [0.5, 0.6) is 5.75 Å². The van der Waals surface area contributed by atoms with Crippen molar-refractivity contribution >= 4 is 5.97 Å². The summed E-state index contributed by atoms with van der Waals surface area (Å²) in [5, 5.41) is 8.67. The molecule has 1 rings (SSSR count). The van der Waals surface area contributed by atoms with Gasteiger partial charge in [-0.05, 0) is 18.2 Å². The Morgan fingerprint density at radius 2 is 2.12 bits per heavy atom. The lowest BCUT2D eigenvalue weighted by molar-refractivity contribution is -0.153. The van der Waals surface area contributed by atoms with Crippen LogP contribution in [0.3, 0.4) is 0 Å². The van der Waals surface area contributed by atoms with Crippen molar-refractivity contribution in [2.45, 2.75) is 6.18 Å². The zero-order valence-corrected chi connectivity index (χ0v) is 8.41. The number of terminal acetylenes is 1. The van der Waals surface area contributed by atoms with Gasteiger partial charge in [-0.15, -0.1) is 6.42 Å². The van der Waals surface area contributed by atoms with Gasteiger partial charge >= 0.3 is 12.1 Å². The van der Waals surface area contributed by atoms with Crippen LogP contribution in [0.15, 0.2) is 18.2 Å². The average Bonchev–Trinajstić information content (AvgIpc) is 2.24. The minimum Gasteiger partial charge on any atom is -0.483 e. The molecule has 3 nitrogen and oxygen atoms in total. The molecule has 6 heteroatoms. The maximum absolute atomic E-state index is 11.9. The van der Waals surface area contributed by atoms with Gasteiger partial charge in [0.05, 0.1) is 11.1 Å². The van der Waals surface area contributed by atoms with E-state index >= 15 is 0 Å². The minimum atomic E-state index is -4.47. The van der Waals surface area contributed by atoms with E-state index in [1.807, 2.05) is 0 Å². The van der Waals surface area contributed by atoms with Gasteiger partial charge in [-0.3, -0.25) is 0 Å². The molecule has 0 aliphatic carbocycles. The van der Waals surface area contributed by atoms with E-state index in [1.54, 1.807) is 0 Å². The van der Waals surface area contributed by atoms with Crippen molar-refractivity contribution in [1.82, 2.24) is 0 Å². The Morgan fingerprint density at radius 3 is 2.59 bits per heavy atom. The fraction of sp³-hybridized carbons (Fsp3) is 0.182. The molecule has 0 saturated heterocycles. The maximum Gasteiger partial charge on any atom is 0.422 e. The number of halogens is 3. The van der Waals surface area contributed by atoms with Crippen molar-refractivity contribution in [3.05, 3.63) is 29.3 Å². The molecule has 0 unspecified atom stereocenters. The quantitative estimate of drug-likeness (QED) is 0.830. The SMILES string of the molecule is C#Cc1cc(C(=O)O)ccc1OCC(F)(F)F. The molecule has 0 saturated carbocycles. The summed E-state index contributed by atoms with van der Waals surface area (Å²) in [7, 11) is 0.